The Hall–Kier alpha value is -2.14. The van der Waals surface area contributed by atoms with Gasteiger partial charge < -0.3 is 10.6 Å². The molecule has 0 fully saturated rings. The Bertz CT molecular complexity index is 637. The monoisotopic (exact) mass is 330 g/mol. The maximum atomic E-state index is 11.7. The van der Waals surface area contributed by atoms with Crippen molar-refractivity contribution in [3.8, 4) is 0 Å². The molecule has 0 radical (unpaired) electrons. The first-order valence-corrected chi connectivity index (χ1v) is 8.62. The molecular weight excluding hydrogens is 308 g/mol. The smallest absolute Gasteiger partial charge is 0.314 e. The van der Waals surface area contributed by atoms with Gasteiger partial charge >= 0.3 is 6.03 Å². The van der Waals surface area contributed by atoms with Crippen molar-refractivity contribution in [3.63, 3.8) is 0 Å². The number of urea groups is 1. The number of ketones is 1. The number of thiophene rings is 1. The number of benzene rings is 1. The molecule has 2 rings (SSSR count). The molecule has 2 aromatic rings. The molecule has 0 unspecified atom stereocenters. The normalized spacial score (nSPS) is 10.3. The summed E-state index contributed by atoms with van der Waals surface area (Å²) in [5.74, 6) is 0.0883. The lowest BCUT2D eigenvalue weighted by Crippen LogP contribution is -2.37. The van der Waals surface area contributed by atoms with Gasteiger partial charge in [0, 0.05) is 18.0 Å². The molecule has 0 saturated carbocycles. The Morgan fingerprint density at radius 1 is 0.957 bits per heavy atom. The Balaban J connectivity index is 1.57. The molecule has 2 amide bonds. The second-order valence-electron chi connectivity index (χ2n) is 5.34. The Labute approximate surface area is 140 Å². The van der Waals surface area contributed by atoms with Gasteiger partial charge in [0.1, 0.15) is 0 Å². The molecule has 0 saturated heterocycles. The van der Waals surface area contributed by atoms with Crippen LogP contribution < -0.4 is 10.6 Å². The predicted molar refractivity (Wildman–Crippen MR) is 94.2 cm³/mol. The lowest BCUT2D eigenvalue weighted by molar-refractivity contribution is 0.102. The fourth-order valence-corrected chi connectivity index (χ4v) is 3.10. The van der Waals surface area contributed by atoms with E-state index in [1.165, 1.54) is 16.9 Å². The van der Waals surface area contributed by atoms with Gasteiger partial charge in [0.15, 0.2) is 5.78 Å². The summed E-state index contributed by atoms with van der Waals surface area (Å²) in [4.78, 5) is 24.8. The van der Waals surface area contributed by atoms with Crippen LogP contribution in [0, 0.1) is 0 Å². The molecule has 4 nitrogen and oxygen atoms in total. The van der Waals surface area contributed by atoms with Crippen molar-refractivity contribution >= 4 is 23.2 Å². The maximum absolute atomic E-state index is 11.7. The number of rotatable bonds is 8. The minimum absolute atomic E-state index is 0.0883. The van der Waals surface area contributed by atoms with Crippen molar-refractivity contribution in [1.82, 2.24) is 10.6 Å². The summed E-state index contributed by atoms with van der Waals surface area (Å²) in [6.45, 7) is 2.80. The number of hydrogen-bond donors (Lipinski definition) is 2. The van der Waals surface area contributed by atoms with Gasteiger partial charge in [-0.15, -0.1) is 11.3 Å². The third kappa shape index (κ3) is 6.24. The first kappa shape index (κ1) is 17.2. The average molecular weight is 330 g/mol. The van der Waals surface area contributed by atoms with Crippen LogP contribution in [0.25, 0.3) is 0 Å². The molecule has 1 aromatic heterocycles. The van der Waals surface area contributed by atoms with E-state index < -0.39 is 0 Å². The summed E-state index contributed by atoms with van der Waals surface area (Å²) in [7, 11) is 0. The number of carbonyl (C=O) groups excluding carboxylic acids is 2. The van der Waals surface area contributed by atoms with Gasteiger partial charge in [-0.2, -0.15) is 0 Å². The number of amides is 2. The first-order chi connectivity index (χ1) is 11.1. The molecule has 5 heteroatoms. The van der Waals surface area contributed by atoms with E-state index in [1.807, 2.05) is 30.3 Å². The van der Waals surface area contributed by atoms with Gasteiger partial charge in [-0.3, -0.25) is 4.79 Å². The summed E-state index contributed by atoms with van der Waals surface area (Å²) < 4.78 is 0. The van der Waals surface area contributed by atoms with Crippen LogP contribution in [-0.4, -0.2) is 24.9 Å². The summed E-state index contributed by atoms with van der Waals surface area (Å²) in [6, 6.07) is 13.9. The molecule has 0 aliphatic rings. The van der Waals surface area contributed by atoms with Crippen molar-refractivity contribution in [2.24, 2.45) is 0 Å². The number of aryl methyl sites for hydroxylation is 1. The van der Waals surface area contributed by atoms with Gasteiger partial charge in [0.05, 0.1) is 4.88 Å². The van der Waals surface area contributed by atoms with Crippen LogP contribution in [0.15, 0.2) is 42.5 Å². The topological polar surface area (TPSA) is 58.2 Å². The van der Waals surface area contributed by atoms with Crippen LogP contribution in [0.1, 0.15) is 33.5 Å². The van der Waals surface area contributed by atoms with Gasteiger partial charge in [-0.05, 0) is 43.9 Å². The second-order valence-corrected chi connectivity index (χ2v) is 6.51. The Morgan fingerprint density at radius 2 is 1.70 bits per heavy atom. The van der Waals surface area contributed by atoms with Crippen LogP contribution in [-0.2, 0) is 12.8 Å². The highest BCUT2D eigenvalue weighted by molar-refractivity contribution is 7.14. The SMILES string of the molecule is CC(=O)c1ccc(CCNC(=O)NCCCc2ccccc2)s1. The van der Waals surface area contributed by atoms with E-state index in [1.54, 1.807) is 6.92 Å². The zero-order chi connectivity index (χ0) is 16.5. The minimum atomic E-state index is -0.138. The molecule has 0 aliphatic heterocycles. The van der Waals surface area contributed by atoms with E-state index in [9.17, 15) is 9.59 Å². The highest BCUT2D eigenvalue weighted by Crippen LogP contribution is 2.17. The fraction of sp³-hybridized carbons (Fsp3) is 0.333. The molecular formula is C18H22N2O2S. The van der Waals surface area contributed by atoms with E-state index >= 15 is 0 Å². The molecule has 0 spiro atoms. The number of Topliss-reactive ketones (excluding diaryl/α,β-unsaturated/α-hetero) is 1. The summed E-state index contributed by atoms with van der Waals surface area (Å²) >= 11 is 1.49. The van der Waals surface area contributed by atoms with Gasteiger partial charge in [-0.1, -0.05) is 30.3 Å². The fourth-order valence-electron chi connectivity index (χ4n) is 2.20. The molecule has 1 heterocycles. The van der Waals surface area contributed by atoms with Gasteiger partial charge in [0.25, 0.3) is 0 Å². The molecule has 23 heavy (non-hydrogen) atoms. The number of nitrogens with one attached hydrogen (secondary N) is 2. The maximum Gasteiger partial charge on any atom is 0.314 e. The number of carbonyl (C=O) groups is 2. The minimum Gasteiger partial charge on any atom is -0.338 e. The summed E-state index contributed by atoms with van der Waals surface area (Å²) in [6.07, 6.45) is 2.63. The summed E-state index contributed by atoms with van der Waals surface area (Å²) in [5.41, 5.74) is 1.29. The largest absolute Gasteiger partial charge is 0.338 e. The zero-order valence-corrected chi connectivity index (χ0v) is 14.1. The van der Waals surface area contributed by atoms with Crippen molar-refractivity contribution in [1.29, 1.82) is 0 Å². The quantitative estimate of drug-likeness (QED) is 0.575. The predicted octanol–water partition coefficient (Wildman–Crippen LogP) is 3.43. The van der Waals surface area contributed by atoms with E-state index in [2.05, 4.69) is 22.8 Å². The number of hydrogen-bond acceptors (Lipinski definition) is 3. The van der Waals surface area contributed by atoms with Crippen molar-refractivity contribution in [3.05, 3.63) is 57.8 Å². The van der Waals surface area contributed by atoms with E-state index in [-0.39, 0.29) is 11.8 Å². The standard InChI is InChI=1S/C18H22N2O2S/c1-14(21)17-10-9-16(23-17)11-13-20-18(22)19-12-5-8-15-6-3-2-4-7-15/h2-4,6-7,9-10H,5,8,11-13H2,1H3,(H2,19,20,22). The molecule has 0 atom stereocenters. The van der Waals surface area contributed by atoms with Crippen molar-refractivity contribution in [2.45, 2.75) is 26.2 Å². The first-order valence-electron chi connectivity index (χ1n) is 7.80. The molecule has 0 bridgehead atoms. The summed E-state index contributed by atoms with van der Waals surface area (Å²) in [5, 5.41) is 5.70. The molecule has 1 aromatic carbocycles. The third-order valence-electron chi connectivity index (χ3n) is 3.44. The van der Waals surface area contributed by atoms with Crippen LogP contribution in [0.2, 0.25) is 0 Å². The Kier molecular flexibility index (Phi) is 6.81. The highest BCUT2D eigenvalue weighted by atomic mass is 32.1. The van der Waals surface area contributed by atoms with Crippen molar-refractivity contribution in [2.75, 3.05) is 13.1 Å². The third-order valence-corrected chi connectivity index (χ3v) is 4.68. The van der Waals surface area contributed by atoms with E-state index in [0.29, 0.717) is 13.1 Å². The highest BCUT2D eigenvalue weighted by Gasteiger charge is 2.05. The van der Waals surface area contributed by atoms with Gasteiger partial charge in [0.2, 0.25) is 0 Å². The van der Waals surface area contributed by atoms with Crippen LogP contribution in [0.3, 0.4) is 0 Å². The van der Waals surface area contributed by atoms with Crippen LogP contribution in [0.5, 0.6) is 0 Å². The van der Waals surface area contributed by atoms with Crippen LogP contribution >= 0.6 is 11.3 Å². The van der Waals surface area contributed by atoms with E-state index in [0.717, 1.165) is 29.0 Å². The van der Waals surface area contributed by atoms with Crippen molar-refractivity contribution < 1.29 is 9.59 Å². The zero-order valence-electron chi connectivity index (χ0n) is 13.3. The molecule has 2 N–H and O–H groups in total. The molecule has 122 valence electrons. The molecule has 0 aliphatic carbocycles. The second kappa shape index (κ2) is 9.10. The lowest BCUT2D eigenvalue weighted by Gasteiger charge is -2.07. The van der Waals surface area contributed by atoms with Crippen LogP contribution in [0.4, 0.5) is 4.79 Å². The van der Waals surface area contributed by atoms with E-state index in [4.69, 9.17) is 0 Å². The lowest BCUT2D eigenvalue weighted by atomic mass is 10.1. The average Bonchev–Trinajstić information content (AvgIpc) is 3.02. The Morgan fingerprint density at radius 3 is 2.39 bits per heavy atom. The van der Waals surface area contributed by atoms with Gasteiger partial charge in [-0.25, -0.2) is 4.79 Å².